The molecule has 0 saturated heterocycles. The summed E-state index contributed by atoms with van der Waals surface area (Å²) in [5.74, 6) is 1.60. The Morgan fingerprint density at radius 2 is 1.78 bits per heavy atom. The van der Waals surface area contributed by atoms with Gasteiger partial charge in [-0.2, -0.15) is 0 Å². The van der Waals surface area contributed by atoms with E-state index < -0.39 is 0 Å². The molecule has 0 atom stereocenters. The molecule has 1 N–H and O–H groups in total. The Morgan fingerprint density at radius 3 is 2.39 bits per heavy atom. The second-order valence-corrected chi connectivity index (χ2v) is 3.93. The third-order valence-electron chi connectivity index (χ3n) is 2.88. The molecule has 0 spiro atoms. The Kier molecular flexibility index (Phi) is 3.58. The first-order chi connectivity index (χ1) is 8.71. The molecule has 4 nitrogen and oxygen atoms in total. The number of methoxy groups -OCH3 is 3. The Balaban J connectivity index is 2.72. The fraction of sp³-hybridized carbons (Fsp3) is 0.286. The van der Waals surface area contributed by atoms with Crippen LogP contribution < -0.4 is 9.47 Å². The highest BCUT2D eigenvalue weighted by atomic mass is 16.5. The van der Waals surface area contributed by atoms with Gasteiger partial charge in [0.05, 0.1) is 20.8 Å². The number of aromatic hydroxyl groups is 1. The van der Waals surface area contributed by atoms with E-state index >= 15 is 0 Å². The Labute approximate surface area is 106 Å². The van der Waals surface area contributed by atoms with Crippen molar-refractivity contribution in [3.63, 3.8) is 0 Å². The third kappa shape index (κ3) is 2.07. The number of fused-ring (bicyclic) bond motifs is 1. The molecule has 0 heterocycles. The van der Waals surface area contributed by atoms with Crippen LogP contribution in [0, 0.1) is 0 Å². The molecule has 0 saturated carbocycles. The Bertz CT molecular complexity index is 563. The largest absolute Gasteiger partial charge is 0.507 e. The van der Waals surface area contributed by atoms with Crippen molar-refractivity contribution in [2.75, 3.05) is 21.3 Å². The molecule has 0 bridgehead atoms. The van der Waals surface area contributed by atoms with Crippen LogP contribution in [-0.4, -0.2) is 26.4 Å². The van der Waals surface area contributed by atoms with Crippen LogP contribution in [-0.2, 0) is 11.3 Å². The number of hydrogen-bond donors (Lipinski definition) is 1. The van der Waals surface area contributed by atoms with Gasteiger partial charge in [-0.3, -0.25) is 0 Å². The zero-order valence-corrected chi connectivity index (χ0v) is 10.7. The summed E-state index contributed by atoms with van der Waals surface area (Å²) in [5.41, 5.74) is 0.690. The molecule has 0 unspecified atom stereocenters. The van der Waals surface area contributed by atoms with Gasteiger partial charge in [0.25, 0.3) is 0 Å². The van der Waals surface area contributed by atoms with Crippen molar-refractivity contribution in [3.8, 4) is 17.2 Å². The zero-order valence-electron chi connectivity index (χ0n) is 10.7. The van der Waals surface area contributed by atoms with Crippen molar-refractivity contribution in [3.05, 3.63) is 29.8 Å². The molecule has 0 fully saturated rings. The van der Waals surface area contributed by atoms with Gasteiger partial charge in [0.15, 0.2) is 0 Å². The van der Waals surface area contributed by atoms with Gasteiger partial charge in [-0.1, -0.05) is 0 Å². The third-order valence-corrected chi connectivity index (χ3v) is 2.88. The molecular weight excluding hydrogens is 232 g/mol. The predicted octanol–water partition coefficient (Wildman–Crippen LogP) is 2.71. The van der Waals surface area contributed by atoms with Crippen molar-refractivity contribution in [2.45, 2.75) is 6.61 Å². The summed E-state index contributed by atoms with van der Waals surface area (Å²) in [6, 6.07) is 7.27. The number of benzene rings is 2. The van der Waals surface area contributed by atoms with Crippen molar-refractivity contribution >= 4 is 10.8 Å². The molecule has 2 aromatic carbocycles. The quantitative estimate of drug-likeness (QED) is 0.903. The summed E-state index contributed by atoms with van der Waals surface area (Å²) in [4.78, 5) is 0. The van der Waals surface area contributed by atoms with Crippen LogP contribution in [0.2, 0.25) is 0 Å². The van der Waals surface area contributed by atoms with Crippen LogP contribution in [0.5, 0.6) is 17.2 Å². The summed E-state index contributed by atoms with van der Waals surface area (Å²) in [6.45, 7) is 0.329. The molecule has 96 valence electrons. The number of phenols is 1. The maximum Gasteiger partial charge on any atom is 0.129 e. The normalized spacial score (nSPS) is 10.6. The SMILES string of the molecule is COCc1cc(OC)c2ccc(OC)cc2c1O. The molecule has 2 rings (SSSR count). The van der Waals surface area contributed by atoms with Crippen LogP contribution in [0.25, 0.3) is 10.8 Å². The van der Waals surface area contributed by atoms with E-state index in [1.807, 2.05) is 12.1 Å². The lowest BCUT2D eigenvalue weighted by atomic mass is 10.0. The van der Waals surface area contributed by atoms with Gasteiger partial charge in [-0.05, 0) is 24.3 Å². The van der Waals surface area contributed by atoms with Crippen molar-refractivity contribution in [1.82, 2.24) is 0 Å². The number of hydrogen-bond acceptors (Lipinski definition) is 4. The van der Waals surface area contributed by atoms with E-state index in [0.29, 0.717) is 29.1 Å². The Morgan fingerprint density at radius 1 is 1.00 bits per heavy atom. The number of ether oxygens (including phenoxy) is 3. The number of phenolic OH excluding ortho intramolecular Hbond substituents is 1. The summed E-state index contributed by atoms with van der Waals surface area (Å²) in [6.07, 6.45) is 0. The lowest BCUT2D eigenvalue weighted by Crippen LogP contribution is -1.93. The summed E-state index contributed by atoms with van der Waals surface area (Å²) >= 11 is 0. The topological polar surface area (TPSA) is 47.9 Å². The Hall–Kier alpha value is -1.94. The fourth-order valence-electron chi connectivity index (χ4n) is 1.97. The van der Waals surface area contributed by atoms with Gasteiger partial charge in [0.1, 0.15) is 17.2 Å². The molecule has 18 heavy (non-hydrogen) atoms. The second-order valence-electron chi connectivity index (χ2n) is 3.93. The highest BCUT2D eigenvalue weighted by Gasteiger charge is 2.12. The number of rotatable bonds is 4. The lowest BCUT2D eigenvalue weighted by Gasteiger charge is -2.12. The highest BCUT2D eigenvalue weighted by Crippen LogP contribution is 2.38. The van der Waals surface area contributed by atoms with Crippen molar-refractivity contribution < 1.29 is 19.3 Å². The van der Waals surface area contributed by atoms with Gasteiger partial charge in [0, 0.05) is 23.4 Å². The van der Waals surface area contributed by atoms with Crippen LogP contribution >= 0.6 is 0 Å². The standard InChI is InChI=1S/C14H16O4/c1-16-8-9-6-13(18-3)11-5-4-10(17-2)7-12(11)14(9)15/h4-7,15H,8H2,1-3H3. The average Bonchev–Trinajstić information content (AvgIpc) is 2.41. The predicted molar refractivity (Wildman–Crippen MR) is 69.4 cm³/mol. The fourth-order valence-corrected chi connectivity index (χ4v) is 1.97. The zero-order chi connectivity index (χ0) is 13.1. The van der Waals surface area contributed by atoms with E-state index in [0.717, 1.165) is 5.39 Å². The summed E-state index contributed by atoms with van der Waals surface area (Å²) < 4.78 is 15.6. The average molecular weight is 248 g/mol. The van der Waals surface area contributed by atoms with Gasteiger partial charge < -0.3 is 19.3 Å². The molecule has 0 radical (unpaired) electrons. The van der Waals surface area contributed by atoms with Crippen LogP contribution in [0.3, 0.4) is 0 Å². The van der Waals surface area contributed by atoms with Crippen LogP contribution in [0.4, 0.5) is 0 Å². The van der Waals surface area contributed by atoms with Crippen molar-refractivity contribution in [1.29, 1.82) is 0 Å². The first kappa shape index (κ1) is 12.5. The van der Waals surface area contributed by atoms with Gasteiger partial charge in [-0.25, -0.2) is 0 Å². The van der Waals surface area contributed by atoms with E-state index in [1.54, 1.807) is 33.5 Å². The molecule has 0 amide bonds. The summed E-state index contributed by atoms with van der Waals surface area (Å²) in [7, 11) is 4.78. The smallest absolute Gasteiger partial charge is 0.129 e. The van der Waals surface area contributed by atoms with E-state index in [1.165, 1.54) is 0 Å². The highest BCUT2D eigenvalue weighted by molar-refractivity contribution is 5.95. The molecule has 0 aromatic heterocycles. The van der Waals surface area contributed by atoms with Crippen LogP contribution in [0.15, 0.2) is 24.3 Å². The molecule has 0 aliphatic carbocycles. The van der Waals surface area contributed by atoms with E-state index in [4.69, 9.17) is 14.2 Å². The molecule has 4 heteroatoms. The maximum absolute atomic E-state index is 10.2. The summed E-state index contributed by atoms with van der Waals surface area (Å²) in [5, 5.41) is 11.8. The second kappa shape index (κ2) is 5.14. The lowest BCUT2D eigenvalue weighted by molar-refractivity contribution is 0.182. The molecule has 0 aliphatic rings. The monoisotopic (exact) mass is 248 g/mol. The first-order valence-electron chi connectivity index (χ1n) is 5.56. The minimum Gasteiger partial charge on any atom is -0.507 e. The minimum absolute atomic E-state index is 0.201. The van der Waals surface area contributed by atoms with Crippen molar-refractivity contribution in [2.24, 2.45) is 0 Å². The van der Waals surface area contributed by atoms with E-state index in [2.05, 4.69) is 0 Å². The minimum atomic E-state index is 0.201. The van der Waals surface area contributed by atoms with Gasteiger partial charge in [-0.15, -0.1) is 0 Å². The molecular formula is C14H16O4. The van der Waals surface area contributed by atoms with E-state index in [-0.39, 0.29) is 5.75 Å². The first-order valence-corrected chi connectivity index (χ1v) is 5.56. The van der Waals surface area contributed by atoms with E-state index in [9.17, 15) is 5.11 Å². The maximum atomic E-state index is 10.2. The molecule has 0 aliphatic heterocycles. The van der Waals surface area contributed by atoms with Gasteiger partial charge in [0.2, 0.25) is 0 Å². The van der Waals surface area contributed by atoms with Gasteiger partial charge >= 0.3 is 0 Å². The molecule has 2 aromatic rings. The van der Waals surface area contributed by atoms with Crippen LogP contribution in [0.1, 0.15) is 5.56 Å².